The monoisotopic (exact) mass is 505 g/mol. The highest BCUT2D eigenvalue weighted by Gasteiger charge is 2.22. The Morgan fingerprint density at radius 1 is 1.21 bits per heavy atom. The fourth-order valence-corrected chi connectivity index (χ4v) is 4.17. The summed E-state index contributed by atoms with van der Waals surface area (Å²) in [6, 6.07) is 13.1. The molecule has 1 amide bonds. The molecule has 2 aromatic carbocycles. The van der Waals surface area contributed by atoms with E-state index in [9.17, 15) is 19.8 Å². The van der Waals surface area contributed by atoms with Crippen molar-refractivity contribution in [1.29, 1.82) is 0 Å². The Morgan fingerprint density at radius 3 is 2.59 bits per heavy atom. The first-order valence-electron chi connectivity index (χ1n) is 10.7. The second-order valence-corrected chi connectivity index (χ2v) is 10.1. The van der Waals surface area contributed by atoms with Crippen molar-refractivity contribution in [2.45, 2.75) is 32.8 Å². The fraction of sp³-hybridized carbons (Fsp3) is 0.333. The van der Waals surface area contributed by atoms with E-state index in [1.165, 1.54) is 4.90 Å². The van der Waals surface area contributed by atoms with Crippen molar-refractivity contribution in [1.82, 2.24) is 9.88 Å². The summed E-state index contributed by atoms with van der Waals surface area (Å²) < 4.78 is 5.47. The van der Waals surface area contributed by atoms with E-state index < -0.39 is 11.7 Å². The van der Waals surface area contributed by atoms with Gasteiger partial charge in [0.15, 0.2) is 5.00 Å². The van der Waals surface area contributed by atoms with Crippen molar-refractivity contribution in [3.05, 3.63) is 62.7 Å². The molecule has 0 saturated heterocycles. The summed E-state index contributed by atoms with van der Waals surface area (Å²) in [5.74, 6) is -0.222. The zero-order valence-corrected chi connectivity index (χ0v) is 20.8. The first-order valence-corrected chi connectivity index (χ1v) is 11.9. The average molecular weight is 506 g/mol. The van der Waals surface area contributed by atoms with Gasteiger partial charge < -0.3 is 25.2 Å². The van der Waals surface area contributed by atoms with Crippen LogP contribution in [-0.4, -0.2) is 51.5 Å². The molecule has 0 atom stereocenters. The van der Waals surface area contributed by atoms with E-state index in [4.69, 9.17) is 16.3 Å². The molecule has 182 valence electrons. The first-order chi connectivity index (χ1) is 16.1. The molecule has 4 N–H and O–H groups in total. The van der Waals surface area contributed by atoms with Crippen LogP contribution < -0.4 is 10.2 Å². The Morgan fingerprint density at radius 2 is 1.97 bits per heavy atom. The maximum Gasteiger partial charge on any atom is 0.410 e. The van der Waals surface area contributed by atoms with E-state index in [0.29, 0.717) is 28.7 Å². The number of ether oxygens (including phenoxy) is 1. The number of rotatable bonds is 8. The number of aromatic nitrogens is 1. The molecule has 34 heavy (non-hydrogen) atoms. The van der Waals surface area contributed by atoms with Crippen LogP contribution in [0, 0.1) is 0 Å². The van der Waals surface area contributed by atoms with Gasteiger partial charge in [0.1, 0.15) is 5.60 Å². The fourth-order valence-electron chi connectivity index (χ4n) is 3.33. The third-order valence-corrected chi connectivity index (χ3v) is 5.83. The van der Waals surface area contributed by atoms with Gasteiger partial charge >= 0.3 is 11.0 Å². The minimum atomic E-state index is -0.640. The van der Waals surface area contributed by atoms with Gasteiger partial charge in [0.25, 0.3) is 0 Å². The van der Waals surface area contributed by atoms with Crippen molar-refractivity contribution >= 4 is 39.7 Å². The highest BCUT2D eigenvalue weighted by atomic mass is 35.5. The molecule has 0 aliphatic heterocycles. The second kappa shape index (κ2) is 10.9. The van der Waals surface area contributed by atoms with Crippen LogP contribution in [0.3, 0.4) is 0 Å². The number of aromatic hydroxyl groups is 1. The molecule has 1 aromatic heterocycles. The number of aromatic amines is 1. The average Bonchev–Trinajstić information content (AvgIpc) is 3.06. The molecule has 0 unspecified atom stereocenters. The van der Waals surface area contributed by atoms with Gasteiger partial charge in [-0.05, 0) is 68.1 Å². The van der Waals surface area contributed by atoms with Gasteiger partial charge in [-0.3, -0.25) is 9.78 Å². The van der Waals surface area contributed by atoms with Gasteiger partial charge in [0.05, 0.1) is 6.61 Å². The molecule has 0 radical (unpaired) electrons. The summed E-state index contributed by atoms with van der Waals surface area (Å²) in [7, 11) is 0. The number of H-pyrrole nitrogens is 1. The number of nitrogens with one attached hydrogen (secondary N) is 2. The summed E-state index contributed by atoms with van der Waals surface area (Å²) in [5, 5.41) is 23.3. The van der Waals surface area contributed by atoms with E-state index in [1.807, 2.05) is 36.4 Å². The van der Waals surface area contributed by atoms with E-state index in [1.54, 1.807) is 26.8 Å². The van der Waals surface area contributed by atoms with Crippen LogP contribution in [0.1, 0.15) is 26.3 Å². The second-order valence-electron chi connectivity index (χ2n) is 8.64. The number of hydrogen-bond acceptors (Lipinski definition) is 7. The number of anilines is 2. The predicted octanol–water partition coefficient (Wildman–Crippen LogP) is 4.98. The molecule has 8 nitrogen and oxygen atoms in total. The molecule has 3 aromatic rings. The van der Waals surface area contributed by atoms with E-state index >= 15 is 0 Å². The Labute approximate surface area is 206 Å². The standard InChI is InChI=1S/C24H28ClN3O5S/c1-24(2,3)33-23(32)28(11-12-29)10-9-15-7-8-18(26-21-20(30)27-22(31)34-21)14-19(15)16-5-4-6-17(25)13-16/h4-8,13-14,26,29-30H,9-12H2,1-3H3,(H,27,31). The SMILES string of the molecule is CC(C)(C)OC(=O)N(CCO)CCc1ccc(Nc2sc(=O)[nH]c2O)cc1-c1cccc(Cl)c1. The van der Waals surface area contributed by atoms with Crippen LogP contribution in [0.15, 0.2) is 47.3 Å². The molecular weight excluding hydrogens is 478 g/mol. The number of amides is 1. The highest BCUT2D eigenvalue weighted by Crippen LogP contribution is 2.33. The molecule has 1 heterocycles. The third kappa shape index (κ3) is 6.99. The van der Waals surface area contributed by atoms with Crippen LogP contribution in [0.4, 0.5) is 15.5 Å². The molecule has 0 aliphatic rings. The lowest BCUT2D eigenvalue weighted by molar-refractivity contribution is 0.0221. The molecule has 0 bridgehead atoms. The predicted molar refractivity (Wildman–Crippen MR) is 135 cm³/mol. The molecule has 0 spiro atoms. The number of hydrogen-bond donors (Lipinski definition) is 4. The van der Waals surface area contributed by atoms with Gasteiger partial charge in [-0.15, -0.1) is 0 Å². The van der Waals surface area contributed by atoms with Crippen molar-refractivity contribution in [3.63, 3.8) is 0 Å². The lowest BCUT2D eigenvalue weighted by atomic mass is 9.96. The normalized spacial score (nSPS) is 11.3. The lowest BCUT2D eigenvalue weighted by Crippen LogP contribution is -2.39. The highest BCUT2D eigenvalue weighted by molar-refractivity contribution is 7.13. The van der Waals surface area contributed by atoms with Crippen LogP contribution in [0.2, 0.25) is 5.02 Å². The smallest absolute Gasteiger partial charge is 0.410 e. The first kappa shape index (κ1) is 25.6. The minimum absolute atomic E-state index is 0.159. The van der Waals surface area contributed by atoms with Gasteiger partial charge in [-0.1, -0.05) is 41.1 Å². The molecular formula is C24H28ClN3O5S. The topological polar surface area (TPSA) is 115 Å². The number of carbonyl (C=O) groups excluding carboxylic acids is 1. The maximum atomic E-state index is 12.6. The van der Waals surface area contributed by atoms with Crippen molar-refractivity contribution in [2.75, 3.05) is 25.0 Å². The summed E-state index contributed by atoms with van der Waals surface area (Å²) in [6.45, 7) is 5.72. The summed E-state index contributed by atoms with van der Waals surface area (Å²) in [6.07, 6.45) is 0.0198. The van der Waals surface area contributed by atoms with Crippen LogP contribution in [-0.2, 0) is 11.2 Å². The largest absolute Gasteiger partial charge is 0.492 e. The Balaban J connectivity index is 1.90. The van der Waals surface area contributed by atoms with Gasteiger partial charge in [0, 0.05) is 23.8 Å². The number of nitrogens with zero attached hydrogens (tertiary/aromatic N) is 1. The minimum Gasteiger partial charge on any atom is -0.492 e. The number of carbonyl (C=O) groups is 1. The molecule has 10 heteroatoms. The number of benzene rings is 2. The third-order valence-electron chi connectivity index (χ3n) is 4.81. The Hall–Kier alpha value is -3.01. The molecule has 0 fully saturated rings. The zero-order valence-electron chi connectivity index (χ0n) is 19.2. The van der Waals surface area contributed by atoms with Crippen LogP contribution in [0.25, 0.3) is 11.1 Å². The van der Waals surface area contributed by atoms with E-state index in [2.05, 4.69) is 10.3 Å². The zero-order chi connectivity index (χ0) is 24.9. The summed E-state index contributed by atoms with van der Waals surface area (Å²) in [4.78, 5) is 27.5. The number of thiazole rings is 1. The van der Waals surface area contributed by atoms with Crippen molar-refractivity contribution < 1.29 is 19.7 Å². The number of halogens is 1. The van der Waals surface area contributed by atoms with E-state index in [0.717, 1.165) is 28.0 Å². The van der Waals surface area contributed by atoms with Crippen molar-refractivity contribution in [2.24, 2.45) is 0 Å². The number of aliphatic hydroxyl groups excluding tert-OH is 1. The maximum absolute atomic E-state index is 12.6. The molecule has 0 aliphatic carbocycles. The summed E-state index contributed by atoms with van der Waals surface area (Å²) in [5.41, 5.74) is 2.74. The van der Waals surface area contributed by atoms with Gasteiger partial charge in [-0.2, -0.15) is 0 Å². The van der Waals surface area contributed by atoms with Crippen molar-refractivity contribution in [3.8, 4) is 17.0 Å². The Kier molecular flexibility index (Phi) is 8.24. The number of aliphatic hydroxyl groups is 1. The quantitative estimate of drug-likeness (QED) is 0.343. The Bertz CT molecular complexity index is 1200. The molecule has 3 rings (SSSR count). The summed E-state index contributed by atoms with van der Waals surface area (Å²) >= 11 is 7.10. The van der Waals surface area contributed by atoms with Crippen LogP contribution >= 0.6 is 22.9 Å². The lowest BCUT2D eigenvalue weighted by Gasteiger charge is -2.27. The van der Waals surface area contributed by atoms with Crippen LogP contribution in [0.5, 0.6) is 5.88 Å². The molecule has 0 saturated carbocycles. The van der Waals surface area contributed by atoms with Gasteiger partial charge in [-0.25, -0.2) is 4.79 Å². The van der Waals surface area contributed by atoms with E-state index in [-0.39, 0.29) is 23.9 Å². The van der Waals surface area contributed by atoms with Gasteiger partial charge in [0.2, 0.25) is 5.88 Å².